The van der Waals surface area contributed by atoms with Crippen LogP contribution in [0, 0.1) is 29.1 Å². The van der Waals surface area contributed by atoms with Crippen molar-refractivity contribution >= 4 is 58.1 Å². The molecular formula is C47H59ClF3N7O6. The molecule has 0 radical (unpaired) electrons. The Morgan fingerprint density at radius 2 is 1.70 bits per heavy atom. The Balaban J connectivity index is 1.14. The number of alkyl halides is 3. The highest BCUT2D eigenvalue weighted by Gasteiger charge is 2.50. The number of hydrogen-bond donors (Lipinski definition) is 4. The molecular weight excluding hydrogens is 851 g/mol. The Morgan fingerprint density at radius 1 is 1.02 bits per heavy atom. The molecule has 7 unspecified atom stereocenters. The molecule has 2 aromatic rings. The third kappa shape index (κ3) is 11.9. The Labute approximate surface area is 377 Å². The van der Waals surface area contributed by atoms with Crippen molar-refractivity contribution < 1.29 is 41.8 Å². The second-order valence-electron chi connectivity index (χ2n) is 18.5. The summed E-state index contributed by atoms with van der Waals surface area (Å²) in [4.78, 5) is 62.8. The van der Waals surface area contributed by atoms with Crippen LogP contribution >= 0.6 is 11.6 Å². The predicted molar refractivity (Wildman–Crippen MR) is 240 cm³/mol. The van der Waals surface area contributed by atoms with Gasteiger partial charge < -0.3 is 30.9 Å². The molecule has 1 aromatic carbocycles. The fourth-order valence-corrected chi connectivity index (χ4v) is 8.83. The van der Waals surface area contributed by atoms with Crippen molar-refractivity contribution in [2.75, 3.05) is 25.5 Å². The lowest BCUT2D eigenvalue weighted by atomic mass is 9.89. The Hall–Kier alpha value is -5.22. The van der Waals surface area contributed by atoms with E-state index in [1.807, 2.05) is 44.0 Å². The molecule has 1 saturated carbocycles. The number of halogens is 4. The number of alkyl carbamates (subject to hydrolysis) is 1. The van der Waals surface area contributed by atoms with Crippen molar-refractivity contribution in [2.24, 2.45) is 34.1 Å². The van der Waals surface area contributed by atoms with Gasteiger partial charge in [0.15, 0.2) is 0 Å². The number of hydrogen-bond acceptors (Lipinski definition) is 9. The standard InChI is InChI=1S/C47H59ClF3N7O6/c1-25(2)40(57-45(62)63-8)44(61)58-24-26(3)17-37(58)41-27(4)9-10-31(22-54-41)29-11-13-30(14-12-29)33-18-35(48)36(19-38(33)64-47(49,50)51)56-42(59)32-15-16-39(53-23-32)52-21-28(5)55-43(60)34-20-46(34,6)7/h11-16,18,22-23,25-28,34,37-38,40H,9-10,17,19-21,24H2,1-8H3,(H,52,53)(H,55,60)(H,56,59)(H,57,62). The lowest BCUT2D eigenvalue weighted by Crippen LogP contribution is -2.54. The van der Waals surface area contributed by atoms with E-state index in [2.05, 4.69) is 58.7 Å². The molecule has 0 spiro atoms. The quantitative estimate of drug-likeness (QED) is 0.147. The number of methoxy groups -OCH3 is 1. The number of ether oxygens (including phenoxy) is 2. The summed E-state index contributed by atoms with van der Waals surface area (Å²) >= 11 is 6.64. The molecule has 7 atom stereocenters. The molecule has 6 rings (SSSR count). The monoisotopic (exact) mass is 909 g/mol. The van der Waals surface area contributed by atoms with Gasteiger partial charge >= 0.3 is 12.5 Å². The summed E-state index contributed by atoms with van der Waals surface area (Å²) in [6.07, 6.45) is 0.0471. The van der Waals surface area contributed by atoms with E-state index in [0.717, 1.165) is 36.1 Å². The van der Waals surface area contributed by atoms with Crippen LogP contribution in [-0.2, 0) is 19.1 Å². The highest BCUT2D eigenvalue weighted by Crippen LogP contribution is 2.51. The lowest BCUT2D eigenvalue weighted by Gasteiger charge is -2.32. The first-order valence-electron chi connectivity index (χ1n) is 21.8. The second kappa shape index (κ2) is 19.9. The molecule has 1 aromatic heterocycles. The summed E-state index contributed by atoms with van der Waals surface area (Å²) in [5.74, 6) is -0.169. The molecule has 4 N–H and O–H groups in total. The lowest BCUT2D eigenvalue weighted by molar-refractivity contribution is -0.334. The van der Waals surface area contributed by atoms with E-state index in [-0.39, 0.29) is 81.3 Å². The number of likely N-dealkylation sites (tertiary alicyclic amines) is 1. The maximum Gasteiger partial charge on any atom is 0.523 e. The van der Waals surface area contributed by atoms with Crippen LogP contribution in [0.15, 0.2) is 70.6 Å². The van der Waals surface area contributed by atoms with Crippen molar-refractivity contribution in [1.29, 1.82) is 0 Å². The van der Waals surface area contributed by atoms with Crippen molar-refractivity contribution in [1.82, 2.24) is 25.8 Å². The second-order valence-corrected chi connectivity index (χ2v) is 18.9. The number of aliphatic imine (C=N–C) groups is 1. The maximum atomic E-state index is 13.9. The SMILES string of the molecule is COC(=O)NC(C(=O)N1CC(C)CC1C1=NC=C(c2ccc(C3=CC(Cl)=C(NC(=O)c4ccc(NCC(C)NC(=O)C5CC5(C)C)nc4)CC3OC(F)(F)F)cc2)CCC1C)C(C)C. The summed E-state index contributed by atoms with van der Waals surface area (Å²) < 4.78 is 50.9. The Bertz CT molecular complexity index is 2210. The average Bonchev–Trinajstić information content (AvgIpc) is 3.79. The number of pyridine rings is 1. The molecule has 2 aliphatic heterocycles. The molecule has 2 fully saturated rings. The van der Waals surface area contributed by atoms with Crippen LogP contribution in [0.3, 0.4) is 0 Å². The van der Waals surface area contributed by atoms with E-state index < -0.39 is 30.5 Å². The third-order valence-electron chi connectivity index (χ3n) is 12.5. The number of nitrogens with one attached hydrogen (secondary N) is 4. The van der Waals surface area contributed by atoms with Crippen LogP contribution in [-0.4, -0.2) is 90.2 Å². The largest absolute Gasteiger partial charge is 0.523 e. The number of rotatable bonds is 14. The van der Waals surface area contributed by atoms with E-state index in [4.69, 9.17) is 21.3 Å². The number of benzene rings is 1. The summed E-state index contributed by atoms with van der Waals surface area (Å²) in [5.41, 5.74) is 3.56. The zero-order valence-corrected chi connectivity index (χ0v) is 38.3. The molecule has 346 valence electrons. The molecule has 2 aliphatic carbocycles. The minimum absolute atomic E-state index is 0.0123. The van der Waals surface area contributed by atoms with Gasteiger partial charge in [0.05, 0.1) is 29.9 Å². The predicted octanol–water partition coefficient (Wildman–Crippen LogP) is 8.45. The normalized spacial score (nSPS) is 24.1. The molecule has 64 heavy (non-hydrogen) atoms. The van der Waals surface area contributed by atoms with Gasteiger partial charge in [-0.25, -0.2) is 9.78 Å². The summed E-state index contributed by atoms with van der Waals surface area (Å²) in [6, 6.07) is 9.04. The van der Waals surface area contributed by atoms with Gasteiger partial charge in [-0.2, -0.15) is 0 Å². The van der Waals surface area contributed by atoms with Crippen LogP contribution < -0.4 is 21.3 Å². The van der Waals surface area contributed by atoms with Gasteiger partial charge in [-0.15, -0.1) is 13.2 Å². The van der Waals surface area contributed by atoms with Crippen LogP contribution in [0.1, 0.15) is 102 Å². The molecule has 0 bridgehead atoms. The minimum atomic E-state index is -4.98. The van der Waals surface area contributed by atoms with Crippen molar-refractivity contribution in [3.05, 3.63) is 82.3 Å². The van der Waals surface area contributed by atoms with Gasteiger partial charge in [0.25, 0.3) is 5.91 Å². The first-order chi connectivity index (χ1) is 30.1. The number of anilines is 1. The number of aromatic nitrogens is 1. The average molecular weight is 910 g/mol. The first kappa shape index (κ1) is 48.2. The number of amides is 4. The van der Waals surface area contributed by atoms with Crippen LogP contribution in [0.25, 0.3) is 11.1 Å². The minimum Gasteiger partial charge on any atom is -0.453 e. The molecule has 17 heteroatoms. The molecule has 4 aliphatic rings. The highest BCUT2D eigenvalue weighted by molar-refractivity contribution is 6.32. The van der Waals surface area contributed by atoms with Crippen molar-refractivity contribution in [2.45, 2.75) is 111 Å². The van der Waals surface area contributed by atoms with Gasteiger partial charge in [0.1, 0.15) is 11.9 Å². The van der Waals surface area contributed by atoms with Crippen molar-refractivity contribution in [3.8, 4) is 0 Å². The first-order valence-corrected chi connectivity index (χ1v) is 22.2. The van der Waals surface area contributed by atoms with E-state index in [9.17, 15) is 32.3 Å². The summed E-state index contributed by atoms with van der Waals surface area (Å²) in [6.45, 7) is 14.9. The number of nitrogens with zero attached hydrogens (tertiary/aromatic N) is 3. The molecule has 1 saturated heterocycles. The van der Waals surface area contributed by atoms with E-state index in [1.54, 1.807) is 18.2 Å². The zero-order chi connectivity index (χ0) is 46.7. The zero-order valence-electron chi connectivity index (χ0n) is 37.6. The van der Waals surface area contributed by atoms with E-state index >= 15 is 0 Å². The van der Waals surface area contributed by atoms with Gasteiger partial charge in [0, 0.05) is 55.3 Å². The maximum absolute atomic E-state index is 13.9. The third-order valence-corrected chi connectivity index (χ3v) is 12.9. The number of carbonyl (C=O) groups is 4. The topological polar surface area (TPSA) is 163 Å². The Morgan fingerprint density at radius 3 is 2.31 bits per heavy atom. The van der Waals surface area contributed by atoms with Crippen LogP contribution in [0.5, 0.6) is 0 Å². The molecule has 3 heterocycles. The van der Waals surface area contributed by atoms with Crippen LogP contribution in [0.4, 0.5) is 23.8 Å². The summed E-state index contributed by atoms with van der Waals surface area (Å²) in [7, 11) is 1.26. The highest BCUT2D eigenvalue weighted by atomic mass is 35.5. The van der Waals surface area contributed by atoms with Crippen LogP contribution in [0.2, 0.25) is 0 Å². The van der Waals surface area contributed by atoms with Crippen molar-refractivity contribution in [3.63, 3.8) is 0 Å². The van der Waals surface area contributed by atoms with E-state index in [0.29, 0.717) is 30.9 Å². The number of carbonyl (C=O) groups excluding carboxylic acids is 4. The molecule has 13 nitrogen and oxygen atoms in total. The smallest absolute Gasteiger partial charge is 0.453 e. The van der Waals surface area contributed by atoms with Gasteiger partial charge in [-0.1, -0.05) is 77.4 Å². The fraction of sp³-hybridized carbons (Fsp3) is 0.532. The molecule has 4 amide bonds. The van der Waals surface area contributed by atoms with Gasteiger partial charge in [-0.05, 0) is 96.3 Å². The van der Waals surface area contributed by atoms with Gasteiger partial charge in [-0.3, -0.25) is 24.1 Å². The fourth-order valence-electron chi connectivity index (χ4n) is 8.59. The van der Waals surface area contributed by atoms with Gasteiger partial charge in [0.2, 0.25) is 11.8 Å². The summed E-state index contributed by atoms with van der Waals surface area (Å²) in [5, 5.41) is 11.5. The van der Waals surface area contributed by atoms with E-state index in [1.165, 1.54) is 25.4 Å². The number of allylic oxidation sites excluding steroid dienone is 3. The Kier molecular flexibility index (Phi) is 15.0.